The van der Waals surface area contributed by atoms with Crippen LogP contribution in [0.25, 0.3) is 10.8 Å². The lowest BCUT2D eigenvalue weighted by Crippen LogP contribution is -2.56. The first-order chi connectivity index (χ1) is 18.0. The molecule has 38 heavy (non-hydrogen) atoms. The number of aliphatic carboxylic acids is 1. The van der Waals surface area contributed by atoms with Gasteiger partial charge < -0.3 is 30.5 Å². The number of benzene rings is 2. The van der Waals surface area contributed by atoms with Gasteiger partial charge in [0.05, 0.1) is 19.1 Å². The molecule has 1 heterocycles. The van der Waals surface area contributed by atoms with Gasteiger partial charge in [0.25, 0.3) is 0 Å². The predicted molar refractivity (Wildman–Crippen MR) is 142 cm³/mol. The van der Waals surface area contributed by atoms with Crippen LogP contribution < -0.4 is 25.2 Å². The van der Waals surface area contributed by atoms with Gasteiger partial charge in [-0.15, -0.1) is 0 Å². The number of hydrogen-bond donors (Lipinski definition) is 5. The SMILES string of the molecule is COc1cc2ccc(S(=O)(=O)N[C@@H](CCCNC(=N)N)C(=O)N3CCC(C)CC3C(=O)O)cc2cc1OC. The second kappa shape index (κ2) is 12.3. The number of amides is 1. The molecule has 3 atom stereocenters. The number of guanidine groups is 1. The number of fused-ring (bicyclic) bond motifs is 1. The number of likely N-dealkylation sites (tertiary alicyclic amines) is 1. The number of carbonyl (C=O) groups is 2. The highest BCUT2D eigenvalue weighted by Crippen LogP contribution is 2.33. The van der Waals surface area contributed by atoms with Crippen LogP contribution in [0.2, 0.25) is 0 Å². The minimum atomic E-state index is -4.18. The van der Waals surface area contributed by atoms with Crippen LogP contribution in [0.5, 0.6) is 11.5 Å². The van der Waals surface area contributed by atoms with E-state index in [4.69, 9.17) is 20.6 Å². The number of carbonyl (C=O) groups excluding carboxylic acids is 1. The number of nitrogens with one attached hydrogen (secondary N) is 3. The smallest absolute Gasteiger partial charge is 0.326 e. The van der Waals surface area contributed by atoms with Crippen molar-refractivity contribution < 1.29 is 32.6 Å². The fourth-order valence-corrected chi connectivity index (χ4v) is 5.84. The van der Waals surface area contributed by atoms with Crippen LogP contribution in [0, 0.1) is 11.3 Å². The molecule has 13 heteroatoms. The van der Waals surface area contributed by atoms with Crippen molar-refractivity contribution in [2.45, 2.75) is 49.6 Å². The number of hydrogen-bond acceptors (Lipinski definition) is 7. The molecule has 6 N–H and O–H groups in total. The average molecular weight is 550 g/mol. The van der Waals surface area contributed by atoms with Crippen molar-refractivity contribution in [3.8, 4) is 11.5 Å². The summed E-state index contributed by atoms with van der Waals surface area (Å²) in [6, 6.07) is 5.69. The maximum absolute atomic E-state index is 13.5. The molecule has 208 valence electrons. The molecular formula is C25H35N5O7S. The van der Waals surface area contributed by atoms with Gasteiger partial charge in [-0.2, -0.15) is 4.72 Å². The van der Waals surface area contributed by atoms with E-state index in [0.29, 0.717) is 36.1 Å². The Morgan fingerprint density at radius 3 is 2.45 bits per heavy atom. The topological polar surface area (TPSA) is 184 Å². The van der Waals surface area contributed by atoms with Crippen molar-refractivity contribution in [3.05, 3.63) is 30.3 Å². The quantitative estimate of drug-likeness (QED) is 0.157. The van der Waals surface area contributed by atoms with Gasteiger partial charge in [0, 0.05) is 13.1 Å². The van der Waals surface area contributed by atoms with Gasteiger partial charge >= 0.3 is 5.97 Å². The molecular weight excluding hydrogens is 514 g/mol. The van der Waals surface area contributed by atoms with Gasteiger partial charge in [-0.1, -0.05) is 13.0 Å². The first-order valence-corrected chi connectivity index (χ1v) is 13.7. The first-order valence-electron chi connectivity index (χ1n) is 12.3. The van der Waals surface area contributed by atoms with Crippen molar-refractivity contribution >= 4 is 38.6 Å². The number of rotatable bonds is 11. The van der Waals surface area contributed by atoms with E-state index in [1.54, 1.807) is 18.2 Å². The summed E-state index contributed by atoms with van der Waals surface area (Å²) in [7, 11) is -1.19. The molecule has 1 saturated heterocycles. The van der Waals surface area contributed by atoms with Gasteiger partial charge in [0.1, 0.15) is 12.1 Å². The molecule has 2 aromatic rings. The highest BCUT2D eigenvalue weighted by atomic mass is 32.2. The molecule has 0 spiro atoms. The number of carboxylic acids is 1. The molecule has 0 aromatic heterocycles. The van der Waals surface area contributed by atoms with Crippen molar-refractivity contribution in [1.82, 2.24) is 14.9 Å². The summed E-state index contributed by atoms with van der Waals surface area (Å²) >= 11 is 0. The Hall–Kier alpha value is -3.58. The number of methoxy groups -OCH3 is 2. The second-order valence-electron chi connectivity index (χ2n) is 9.39. The highest BCUT2D eigenvalue weighted by molar-refractivity contribution is 7.89. The van der Waals surface area contributed by atoms with E-state index in [1.807, 2.05) is 6.92 Å². The summed E-state index contributed by atoms with van der Waals surface area (Å²) in [5.74, 6) is -0.891. The Balaban J connectivity index is 1.91. The highest BCUT2D eigenvalue weighted by Gasteiger charge is 2.38. The molecule has 1 fully saturated rings. The summed E-state index contributed by atoms with van der Waals surface area (Å²) in [6.45, 7) is 2.39. The van der Waals surface area contributed by atoms with E-state index >= 15 is 0 Å². The maximum Gasteiger partial charge on any atom is 0.326 e. The number of nitrogens with zero attached hydrogens (tertiary/aromatic N) is 1. The van der Waals surface area contributed by atoms with Crippen molar-refractivity contribution in [1.29, 1.82) is 5.41 Å². The summed E-state index contributed by atoms with van der Waals surface area (Å²) < 4.78 is 40.0. The van der Waals surface area contributed by atoms with Crippen LogP contribution in [0.1, 0.15) is 32.6 Å². The molecule has 12 nitrogen and oxygen atoms in total. The maximum atomic E-state index is 13.5. The van der Waals surface area contributed by atoms with Crippen molar-refractivity contribution in [2.75, 3.05) is 27.3 Å². The van der Waals surface area contributed by atoms with Crippen molar-refractivity contribution in [2.24, 2.45) is 11.7 Å². The minimum absolute atomic E-state index is 0.0565. The summed E-state index contributed by atoms with van der Waals surface area (Å²) in [5, 5.41) is 21.0. The van der Waals surface area contributed by atoms with Gasteiger partial charge in [-0.25, -0.2) is 13.2 Å². The van der Waals surface area contributed by atoms with Gasteiger partial charge in [0.2, 0.25) is 15.9 Å². The van der Waals surface area contributed by atoms with E-state index in [1.165, 1.54) is 31.3 Å². The van der Waals surface area contributed by atoms with Crippen LogP contribution in [0.3, 0.4) is 0 Å². The summed E-state index contributed by atoms with van der Waals surface area (Å²) in [4.78, 5) is 26.6. The Labute approximate surface area is 222 Å². The fraction of sp³-hybridized carbons (Fsp3) is 0.480. The second-order valence-corrected chi connectivity index (χ2v) is 11.1. The average Bonchev–Trinajstić information content (AvgIpc) is 2.88. The molecule has 2 unspecified atom stereocenters. The molecule has 1 aliphatic rings. The largest absolute Gasteiger partial charge is 0.493 e. The summed E-state index contributed by atoms with van der Waals surface area (Å²) in [5.41, 5.74) is 5.32. The molecule has 0 radical (unpaired) electrons. The normalized spacial score (nSPS) is 18.6. The zero-order valence-electron chi connectivity index (χ0n) is 21.7. The number of piperidine rings is 1. The zero-order valence-corrected chi connectivity index (χ0v) is 22.5. The molecule has 1 amide bonds. The van der Waals surface area contributed by atoms with Gasteiger partial charge in [-0.3, -0.25) is 10.2 Å². The van der Waals surface area contributed by atoms with E-state index < -0.39 is 34.0 Å². The fourth-order valence-electron chi connectivity index (χ4n) is 4.58. The molecule has 0 saturated carbocycles. The van der Waals surface area contributed by atoms with Crippen LogP contribution in [-0.2, 0) is 19.6 Å². The lowest BCUT2D eigenvalue weighted by atomic mass is 9.91. The first kappa shape index (κ1) is 29.0. The molecule has 1 aliphatic heterocycles. The number of carboxylic acid groups (broad SMARTS) is 1. The Kier molecular flexibility index (Phi) is 9.39. The molecule has 2 aromatic carbocycles. The standard InChI is InChI=1S/C25H35N5O7S/c1-15-8-10-30(20(11-15)24(32)33)23(31)19(5-4-9-28-25(26)27)29-38(34,35)18-7-6-16-13-21(36-2)22(37-3)14-17(16)12-18/h6-7,12-15,19-20,29H,4-5,8-11H2,1-3H3,(H,32,33)(H4,26,27,28)/t15?,19-,20?/m0/s1. The third-order valence-corrected chi connectivity index (χ3v) is 8.11. The van der Waals surface area contributed by atoms with Crippen LogP contribution in [0.4, 0.5) is 0 Å². The number of sulfonamides is 1. The van der Waals surface area contributed by atoms with Crippen LogP contribution >= 0.6 is 0 Å². The Morgan fingerprint density at radius 2 is 1.84 bits per heavy atom. The molecule has 0 aliphatic carbocycles. The third kappa shape index (κ3) is 6.84. The van der Waals surface area contributed by atoms with Crippen LogP contribution in [-0.4, -0.2) is 75.7 Å². The zero-order chi connectivity index (χ0) is 28.0. The van der Waals surface area contributed by atoms with Gasteiger partial charge in [-0.05, 0) is 66.6 Å². The Bertz CT molecular complexity index is 1300. The predicted octanol–water partition coefficient (Wildman–Crippen LogP) is 1.48. The summed E-state index contributed by atoms with van der Waals surface area (Å²) in [6.07, 6.45) is 1.31. The lowest BCUT2D eigenvalue weighted by Gasteiger charge is -2.38. The molecule has 0 bridgehead atoms. The van der Waals surface area contributed by atoms with Crippen LogP contribution in [0.15, 0.2) is 35.2 Å². The molecule has 3 rings (SSSR count). The van der Waals surface area contributed by atoms with E-state index in [9.17, 15) is 23.1 Å². The van der Waals surface area contributed by atoms with E-state index in [-0.39, 0.29) is 36.3 Å². The Morgan fingerprint density at radius 1 is 1.18 bits per heavy atom. The van der Waals surface area contributed by atoms with E-state index in [0.717, 1.165) is 5.39 Å². The van der Waals surface area contributed by atoms with Gasteiger partial charge in [0.15, 0.2) is 17.5 Å². The van der Waals surface area contributed by atoms with E-state index in [2.05, 4.69) is 10.0 Å². The monoisotopic (exact) mass is 549 g/mol. The number of nitrogens with two attached hydrogens (primary N) is 1. The minimum Gasteiger partial charge on any atom is -0.493 e. The lowest BCUT2D eigenvalue weighted by molar-refractivity contribution is -0.153. The number of ether oxygens (including phenoxy) is 2. The van der Waals surface area contributed by atoms with Crippen molar-refractivity contribution in [3.63, 3.8) is 0 Å². The third-order valence-electron chi connectivity index (χ3n) is 6.64.